The molecule has 1 aromatic heterocycles. The van der Waals surface area contributed by atoms with Crippen molar-refractivity contribution in [2.24, 2.45) is 0 Å². The van der Waals surface area contributed by atoms with Gasteiger partial charge in [0, 0.05) is 4.88 Å². The van der Waals surface area contributed by atoms with Crippen molar-refractivity contribution >= 4 is 43.3 Å². The molecule has 1 unspecified atom stereocenters. The second-order valence-electron chi connectivity index (χ2n) is 4.07. The first-order chi connectivity index (χ1) is 8.12. The molecule has 0 saturated carbocycles. The number of hydrogen-bond acceptors (Lipinski definition) is 4. The SMILES string of the molecule is CCC(C)(NS(=O)(=O)c1cc(Br)sc1C)C(=O)O. The van der Waals surface area contributed by atoms with Crippen molar-refractivity contribution in [1.29, 1.82) is 0 Å². The predicted octanol–water partition coefficient (Wildman–Crippen LogP) is 2.35. The van der Waals surface area contributed by atoms with E-state index in [4.69, 9.17) is 5.11 Å². The summed E-state index contributed by atoms with van der Waals surface area (Å²) in [5.74, 6) is -1.19. The normalized spacial score (nSPS) is 15.3. The van der Waals surface area contributed by atoms with Crippen molar-refractivity contribution in [3.63, 3.8) is 0 Å². The lowest BCUT2D eigenvalue weighted by molar-refractivity contribution is -0.143. The van der Waals surface area contributed by atoms with Crippen LogP contribution in [0.15, 0.2) is 14.7 Å². The standard InChI is InChI=1S/C10H14BrNO4S2/c1-4-10(3,9(13)14)12-18(15,16)7-5-8(11)17-6(7)2/h5,12H,4H2,1-3H3,(H,13,14). The van der Waals surface area contributed by atoms with E-state index in [0.29, 0.717) is 8.66 Å². The van der Waals surface area contributed by atoms with Gasteiger partial charge in [-0.3, -0.25) is 4.79 Å². The zero-order valence-corrected chi connectivity index (χ0v) is 13.4. The zero-order chi connectivity index (χ0) is 14.1. The molecule has 0 aliphatic heterocycles. The van der Waals surface area contributed by atoms with Gasteiger partial charge in [-0.25, -0.2) is 8.42 Å². The van der Waals surface area contributed by atoms with Crippen LogP contribution in [0.3, 0.4) is 0 Å². The van der Waals surface area contributed by atoms with E-state index in [1.165, 1.54) is 24.3 Å². The Kier molecular flexibility index (Phi) is 4.58. The lowest BCUT2D eigenvalue weighted by Gasteiger charge is -2.24. The van der Waals surface area contributed by atoms with E-state index in [-0.39, 0.29) is 11.3 Å². The summed E-state index contributed by atoms with van der Waals surface area (Å²) in [4.78, 5) is 11.8. The Morgan fingerprint density at radius 2 is 2.17 bits per heavy atom. The summed E-state index contributed by atoms with van der Waals surface area (Å²) in [5, 5.41) is 9.08. The summed E-state index contributed by atoms with van der Waals surface area (Å²) in [7, 11) is -3.84. The van der Waals surface area contributed by atoms with E-state index in [0.717, 1.165) is 0 Å². The number of carboxylic acids is 1. The van der Waals surface area contributed by atoms with Gasteiger partial charge >= 0.3 is 5.97 Å². The van der Waals surface area contributed by atoms with Crippen molar-refractivity contribution in [1.82, 2.24) is 4.72 Å². The van der Waals surface area contributed by atoms with Crippen LogP contribution in [0.4, 0.5) is 0 Å². The van der Waals surface area contributed by atoms with Crippen LogP contribution >= 0.6 is 27.3 Å². The van der Waals surface area contributed by atoms with Gasteiger partial charge in [0.05, 0.1) is 8.68 Å². The average Bonchev–Trinajstić information content (AvgIpc) is 2.57. The lowest BCUT2D eigenvalue weighted by Crippen LogP contribution is -2.51. The van der Waals surface area contributed by atoms with Crippen LogP contribution in [-0.4, -0.2) is 25.0 Å². The second kappa shape index (κ2) is 5.28. The first kappa shape index (κ1) is 15.6. The highest BCUT2D eigenvalue weighted by Gasteiger charge is 2.37. The van der Waals surface area contributed by atoms with Crippen LogP contribution in [-0.2, 0) is 14.8 Å². The largest absolute Gasteiger partial charge is 0.480 e. The van der Waals surface area contributed by atoms with E-state index in [1.54, 1.807) is 13.8 Å². The van der Waals surface area contributed by atoms with Crippen molar-refractivity contribution in [2.45, 2.75) is 37.6 Å². The molecule has 5 nitrogen and oxygen atoms in total. The molecule has 0 aromatic carbocycles. The molecule has 0 spiro atoms. The van der Waals surface area contributed by atoms with Gasteiger partial charge in [-0.05, 0) is 42.3 Å². The lowest BCUT2D eigenvalue weighted by atomic mass is 10.0. The first-order valence-electron chi connectivity index (χ1n) is 5.15. The minimum Gasteiger partial charge on any atom is -0.480 e. The number of hydrogen-bond donors (Lipinski definition) is 2. The summed E-state index contributed by atoms with van der Waals surface area (Å²) in [5.41, 5.74) is -1.50. The fraction of sp³-hybridized carbons (Fsp3) is 0.500. The number of rotatable bonds is 5. The second-order valence-corrected chi connectivity index (χ2v) is 8.35. The van der Waals surface area contributed by atoms with Gasteiger partial charge in [-0.2, -0.15) is 4.72 Å². The van der Waals surface area contributed by atoms with Crippen LogP contribution in [0.1, 0.15) is 25.1 Å². The van der Waals surface area contributed by atoms with Crippen LogP contribution in [0.5, 0.6) is 0 Å². The highest BCUT2D eigenvalue weighted by atomic mass is 79.9. The molecule has 0 saturated heterocycles. The smallest absolute Gasteiger partial charge is 0.324 e. The van der Waals surface area contributed by atoms with Gasteiger partial charge in [0.15, 0.2) is 0 Å². The maximum Gasteiger partial charge on any atom is 0.324 e. The predicted molar refractivity (Wildman–Crippen MR) is 73.4 cm³/mol. The van der Waals surface area contributed by atoms with Crippen molar-refractivity contribution < 1.29 is 18.3 Å². The quantitative estimate of drug-likeness (QED) is 0.848. The number of carbonyl (C=O) groups is 1. The molecule has 1 rings (SSSR count). The molecule has 1 atom stereocenters. The van der Waals surface area contributed by atoms with Crippen LogP contribution < -0.4 is 4.72 Å². The van der Waals surface area contributed by atoms with E-state index >= 15 is 0 Å². The molecular formula is C10H14BrNO4S2. The molecular weight excluding hydrogens is 342 g/mol. The third-order valence-electron chi connectivity index (χ3n) is 2.67. The fourth-order valence-electron chi connectivity index (χ4n) is 1.32. The Bertz CT molecular complexity index is 566. The Hall–Kier alpha value is -0.440. The van der Waals surface area contributed by atoms with Gasteiger partial charge < -0.3 is 5.11 Å². The van der Waals surface area contributed by atoms with Crippen LogP contribution in [0.25, 0.3) is 0 Å². The van der Waals surface area contributed by atoms with Crippen LogP contribution in [0.2, 0.25) is 0 Å². The fourth-order valence-corrected chi connectivity index (χ4v) is 5.17. The molecule has 8 heteroatoms. The highest BCUT2D eigenvalue weighted by molar-refractivity contribution is 9.11. The van der Waals surface area contributed by atoms with Crippen molar-refractivity contribution in [3.05, 3.63) is 14.7 Å². The minimum atomic E-state index is -3.84. The molecule has 2 N–H and O–H groups in total. The van der Waals surface area contributed by atoms with E-state index in [9.17, 15) is 13.2 Å². The highest BCUT2D eigenvalue weighted by Crippen LogP contribution is 2.30. The van der Waals surface area contributed by atoms with Gasteiger partial charge in [0.2, 0.25) is 10.0 Å². The monoisotopic (exact) mass is 355 g/mol. The molecule has 18 heavy (non-hydrogen) atoms. The Labute approximate surface area is 118 Å². The third kappa shape index (κ3) is 3.11. The zero-order valence-electron chi connectivity index (χ0n) is 10.2. The van der Waals surface area contributed by atoms with Crippen LogP contribution in [0, 0.1) is 6.92 Å². The molecule has 102 valence electrons. The maximum absolute atomic E-state index is 12.2. The number of aryl methyl sites for hydroxylation is 1. The summed E-state index contributed by atoms with van der Waals surface area (Å²) >= 11 is 4.50. The molecule has 1 aromatic rings. The van der Waals surface area contributed by atoms with E-state index in [2.05, 4.69) is 20.7 Å². The van der Waals surface area contributed by atoms with Crippen molar-refractivity contribution in [3.8, 4) is 0 Å². The minimum absolute atomic E-state index is 0.111. The maximum atomic E-state index is 12.2. The summed E-state index contributed by atoms with van der Waals surface area (Å²) < 4.78 is 27.3. The molecule has 0 aliphatic rings. The topological polar surface area (TPSA) is 83.5 Å². The molecule has 0 bridgehead atoms. The molecule has 0 radical (unpaired) electrons. The summed E-state index contributed by atoms with van der Waals surface area (Å²) in [6, 6.07) is 1.47. The summed E-state index contributed by atoms with van der Waals surface area (Å²) in [6.07, 6.45) is 0.159. The number of sulfonamides is 1. The molecule has 0 amide bonds. The Morgan fingerprint density at radius 1 is 1.61 bits per heavy atom. The molecule has 1 heterocycles. The first-order valence-corrected chi connectivity index (χ1v) is 8.25. The average molecular weight is 356 g/mol. The number of thiophene rings is 1. The van der Waals surface area contributed by atoms with Gasteiger partial charge in [-0.15, -0.1) is 11.3 Å². The van der Waals surface area contributed by atoms with Gasteiger partial charge in [-0.1, -0.05) is 6.92 Å². The van der Waals surface area contributed by atoms with Gasteiger partial charge in [0.25, 0.3) is 0 Å². The number of carboxylic acid groups (broad SMARTS) is 1. The Morgan fingerprint density at radius 3 is 2.50 bits per heavy atom. The van der Waals surface area contributed by atoms with E-state index < -0.39 is 21.5 Å². The van der Waals surface area contributed by atoms with E-state index in [1.807, 2.05) is 0 Å². The molecule has 0 fully saturated rings. The number of nitrogens with one attached hydrogen (secondary N) is 1. The number of aliphatic carboxylic acids is 1. The summed E-state index contributed by atoms with van der Waals surface area (Å²) in [6.45, 7) is 4.64. The van der Waals surface area contributed by atoms with Gasteiger partial charge in [0.1, 0.15) is 5.54 Å². The molecule has 0 aliphatic carbocycles. The number of halogens is 1. The third-order valence-corrected chi connectivity index (χ3v) is 6.08. The van der Waals surface area contributed by atoms with Crippen molar-refractivity contribution in [2.75, 3.05) is 0 Å². The Balaban J connectivity index is 3.17.